The Morgan fingerprint density at radius 2 is 1.89 bits per heavy atom. The predicted molar refractivity (Wildman–Crippen MR) is 70.7 cm³/mol. The van der Waals surface area contributed by atoms with E-state index in [1.807, 2.05) is 37.3 Å². The normalized spacial score (nSPS) is 13.4. The van der Waals surface area contributed by atoms with Gasteiger partial charge in [-0.15, -0.1) is 0 Å². The Morgan fingerprint density at radius 3 is 2.44 bits per heavy atom. The molecular weight excluding hydrogens is 252 g/mol. The van der Waals surface area contributed by atoms with Crippen molar-refractivity contribution in [1.29, 1.82) is 0 Å². The molecule has 0 saturated heterocycles. The summed E-state index contributed by atoms with van der Waals surface area (Å²) in [5, 5.41) is 0. The van der Waals surface area contributed by atoms with Gasteiger partial charge < -0.3 is 4.74 Å². The highest BCUT2D eigenvalue weighted by Crippen LogP contribution is 2.09. The molecule has 0 saturated carbocycles. The van der Waals surface area contributed by atoms with E-state index in [4.69, 9.17) is 8.92 Å². The van der Waals surface area contributed by atoms with E-state index < -0.39 is 10.1 Å². The first-order valence-corrected chi connectivity index (χ1v) is 7.83. The topological polar surface area (TPSA) is 52.6 Å². The van der Waals surface area contributed by atoms with Crippen LogP contribution in [0.25, 0.3) is 0 Å². The van der Waals surface area contributed by atoms with E-state index in [0.29, 0.717) is 6.61 Å². The summed E-state index contributed by atoms with van der Waals surface area (Å²) in [5.74, 6) is 0. The summed E-state index contributed by atoms with van der Waals surface area (Å²) in [4.78, 5) is 0. The Kier molecular flexibility index (Phi) is 6.32. The van der Waals surface area contributed by atoms with Crippen LogP contribution in [0.5, 0.6) is 0 Å². The summed E-state index contributed by atoms with van der Waals surface area (Å²) in [6.07, 6.45) is 2.56. The van der Waals surface area contributed by atoms with Crippen LogP contribution in [0, 0.1) is 0 Å². The van der Waals surface area contributed by atoms with Gasteiger partial charge in [-0.1, -0.05) is 43.7 Å². The van der Waals surface area contributed by atoms with Gasteiger partial charge in [-0.2, -0.15) is 8.42 Å². The van der Waals surface area contributed by atoms with Gasteiger partial charge in [0.2, 0.25) is 0 Å². The zero-order valence-electron chi connectivity index (χ0n) is 10.8. The molecule has 0 aliphatic carbocycles. The summed E-state index contributed by atoms with van der Waals surface area (Å²) in [7, 11) is -3.40. The smallest absolute Gasteiger partial charge is 0.264 e. The van der Waals surface area contributed by atoms with Crippen molar-refractivity contribution in [3.63, 3.8) is 0 Å². The van der Waals surface area contributed by atoms with E-state index in [1.165, 1.54) is 0 Å². The lowest BCUT2D eigenvalue weighted by atomic mass is 10.2. The van der Waals surface area contributed by atoms with Crippen LogP contribution in [0.2, 0.25) is 0 Å². The summed E-state index contributed by atoms with van der Waals surface area (Å²) in [6, 6.07) is 9.78. The third-order valence-electron chi connectivity index (χ3n) is 2.41. The lowest BCUT2D eigenvalue weighted by Gasteiger charge is -2.16. The lowest BCUT2D eigenvalue weighted by Crippen LogP contribution is -2.21. The van der Waals surface area contributed by atoms with Crippen molar-refractivity contribution < 1.29 is 17.3 Å². The van der Waals surface area contributed by atoms with E-state index in [2.05, 4.69) is 0 Å². The van der Waals surface area contributed by atoms with E-state index in [0.717, 1.165) is 24.7 Å². The summed E-state index contributed by atoms with van der Waals surface area (Å²) in [5.41, 5.74) is 1.07. The highest BCUT2D eigenvalue weighted by Gasteiger charge is 2.12. The molecule has 18 heavy (non-hydrogen) atoms. The Balaban J connectivity index is 2.43. The summed E-state index contributed by atoms with van der Waals surface area (Å²) < 4.78 is 32.3. The highest BCUT2D eigenvalue weighted by atomic mass is 32.2. The molecule has 1 aromatic carbocycles. The van der Waals surface area contributed by atoms with Crippen LogP contribution in [0.15, 0.2) is 30.3 Å². The zero-order chi connectivity index (χ0) is 13.4. The second-order valence-corrected chi connectivity index (χ2v) is 5.84. The summed E-state index contributed by atoms with van der Waals surface area (Å²) >= 11 is 0. The molecular formula is C13H20O4S. The quantitative estimate of drug-likeness (QED) is 0.682. The molecule has 0 radical (unpaired) electrons. The molecule has 102 valence electrons. The molecule has 5 heteroatoms. The Bertz CT molecular complexity index is 428. The number of ether oxygens (including phenoxy) is 1. The molecule has 1 atom stereocenters. The number of hydrogen-bond donors (Lipinski definition) is 0. The average Bonchev–Trinajstić information content (AvgIpc) is 2.33. The van der Waals surface area contributed by atoms with Gasteiger partial charge in [0.05, 0.1) is 25.6 Å². The van der Waals surface area contributed by atoms with Crippen molar-refractivity contribution in [3.05, 3.63) is 35.9 Å². The molecule has 4 nitrogen and oxygen atoms in total. The standard InChI is InChI=1S/C13H20O4S/c1-3-7-13(11-17-18(2,14)15)16-10-12-8-5-4-6-9-12/h4-6,8-9,13H,3,7,10-11H2,1-2H3. The molecule has 0 spiro atoms. The van der Waals surface area contributed by atoms with Gasteiger partial charge in [-0.05, 0) is 12.0 Å². The fourth-order valence-electron chi connectivity index (χ4n) is 1.52. The minimum Gasteiger partial charge on any atom is -0.371 e. The fourth-order valence-corrected chi connectivity index (χ4v) is 1.92. The van der Waals surface area contributed by atoms with Crippen LogP contribution in [-0.2, 0) is 25.6 Å². The summed E-state index contributed by atoms with van der Waals surface area (Å²) in [6.45, 7) is 2.58. The van der Waals surface area contributed by atoms with Crippen molar-refractivity contribution >= 4 is 10.1 Å². The second-order valence-electron chi connectivity index (χ2n) is 4.20. The van der Waals surface area contributed by atoms with Crippen molar-refractivity contribution in [3.8, 4) is 0 Å². The average molecular weight is 272 g/mol. The Labute approximate surface area is 109 Å². The monoisotopic (exact) mass is 272 g/mol. The van der Waals surface area contributed by atoms with Gasteiger partial charge in [0, 0.05) is 0 Å². The first-order chi connectivity index (χ1) is 8.51. The first kappa shape index (κ1) is 15.1. The molecule has 0 aliphatic heterocycles. The van der Waals surface area contributed by atoms with Crippen molar-refractivity contribution in [2.45, 2.75) is 32.5 Å². The molecule has 1 unspecified atom stereocenters. The molecule has 1 aromatic rings. The first-order valence-electron chi connectivity index (χ1n) is 6.01. The van der Waals surface area contributed by atoms with Gasteiger partial charge in [0.25, 0.3) is 10.1 Å². The second kappa shape index (κ2) is 7.51. The minimum absolute atomic E-state index is 0.0828. The fraction of sp³-hybridized carbons (Fsp3) is 0.538. The molecule has 0 aliphatic rings. The number of benzene rings is 1. The van der Waals surface area contributed by atoms with E-state index in [9.17, 15) is 8.42 Å². The van der Waals surface area contributed by atoms with Crippen LogP contribution < -0.4 is 0 Å². The van der Waals surface area contributed by atoms with Gasteiger partial charge in [-0.3, -0.25) is 4.18 Å². The van der Waals surface area contributed by atoms with Crippen LogP contribution in [-0.4, -0.2) is 27.4 Å². The van der Waals surface area contributed by atoms with Crippen LogP contribution in [0.3, 0.4) is 0 Å². The highest BCUT2D eigenvalue weighted by molar-refractivity contribution is 7.85. The largest absolute Gasteiger partial charge is 0.371 e. The number of rotatable bonds is 8. The maximum atomic E-state index is 10.9. The van der Waals surface area contributed by atoms with Gasteiger partial charge in [0.1, 0.15) is 0 Å². The van der Waals surface area contributed by atoms with E-state index >= 15 is 0 Å². The molecule has 1 rings (SSSR count). The van der Waals surface area contributed by atoms with Crippen LogP contribution >= 0.6 is 0 Å². The van der Waals surface area contributed by atoms with E-state index in [1.54, 1.807) is 0 Å². The van der Waals surface area contributed by atoms with Crippen molar-refractivity contribution in [2.24, 2.45) is 0 Å². The third-order valence-corrected chi connectivity index (χ3v) is 2.97. The minimum atomic E-state index is -3.40. The molecule has 0 N–H and O–H groups in total. The van der Waals surface area contributed by atoms with Crippen LogP contribution in [0.4, 0.5) is 0 Å². The Hall–Kier alpha value is -0.910. The van der Waals surface area contributed by atoms with E-state index in [-0.39, 0.29) is 12.7 Å². The SMILES string of the molecule is CCCC(COS(C)(=O)=O)OCc1ccccc1. The third kappa shape index (κ3) is 6.74. The Morgan fingerprint density at radius 1 is 1.22 bits per heavy atom. The molecule has 0 heterocycles. The molecule has 0 aromatic heterocycles. The maximum absolute atomic E-state index is 10.9. The molecule has 0 bridgehead atoms. The predicted octanol–water partition coefficient (Wildman–Crippen LogP) is 2.35. The molecule has 0 fully saturated rings. The maximum Gasteiger partial charge on any atom is 0.264 e. The van der Waals surface area contributed by atoms with Gasteiger partial charge in [-0.25, -0.2) is 0 Å². The van der Waals surface area contributed by atoms with Crippen LogP contribution in [0.1, 0.15) is 25.3 Å². The number of hydrogen-bond acceptors (Lipinski definition) is 4. The van der Waals surface area contributed by atoms with Crippen molar-refractivity contribution in [1.82, 2.24) is 0 Å². The van der Waals surface area contributed by atoms with Crippen molar-refractivity contribution in [2.75, 3.05) is 12.9 Å². The van der Waals surface area contributed by atoms with Gasteiger partial charge >= 0.3 is 0 Å². The lowest BCUT2D eigenvalue weighted by molar-refractivity contribution is 0.00590. The zero-order valence-corrected chi connectivity index (χ0v) is 11.7. The van der Waals surface area contributed by atoms with Gasteiger partial charge in [0.15, 0.2) is 0 Å². The molecule has 0 amide bonds.